The Morgan fingerprint density at radius 3 is 2.56 bits per heavy atom. The van der Waals surface area contributed by atoms with Crippen molar-refractivity contribution in [1.82, 2.24) is 10.3 Å². The van der Waals surface area contributed by atoms with E-state index in [1.54, 1.807) is 38.1 Å². The number of nitrogens with zero attached hydrogens (tertiary/aromatic N) is 1. The molecule has 0 fully saturated rings. The van der Waals surface area contributed by atoms with E-state index in [-0.39, 0.29) is 29.4 Å². The molecule has 4 rings (SSSR count). The molecule has 188 valence electrons. The van der Waals surface area contributed by atoms with Gasteiger partial charge in [0.2, 0.25) is 15.3 Å². The number of nitrogens with two attached hydrogens (primary N) is 1. The standard InChI is InChI=1S/C25H24ClFN4O4S/c1-24(2,28)14-25(8-3-9-31-25)36(34,35)17-10-18-21(20(27)11-17)29-13-19(22(18)32)23(33)30-12-15-4-6-16(26)7-5-15/h3-11,13H,12,14,28H2,1-2H3,(H,29,32)(H,30,33). The van der Waals surface area contributed by atoms with Crippen molar-refractivity contribution < 1.29 is 17.6 Å². The van der Waals surface area contributed by atoms with E-state index in [2.05, 4.69) is 15.3 Å². The minimum Gasteiger partial charge on any atom is -0.358 e. The predicted molar refractivity (Wildman–Crippen MR) is 138 cm³/mol. The van der Waals surface area contributed by atoms with Crippen molar-refractivity contribution in [1.29, 1.82) is 0 Å². The molecule has 0 aliphatic carbocycles. The second-order valence-electron chi connectivity index (χ2n) is 9.32. The van der Waals surface area contributed by atoms with Crippen LogP contribution in [-0.2, 0) is 16.4 Å². The quantitative estimate of drug-likeness (QED) is 0.430. The van der Waals surface area contributed by atoms with Gasteiger partial charge in [-0.1, -0.05) is 23.7 Å². The summed E-state index contributed by atoms with van der Waals surface area (Å²) in [6, 6.07) is 8.67. The highest BCUT2D eigenvalue weighted by Crippen LogP contribution is 2.38. The van der Waals surface area contributed by atoms with Crippen LogP contribution in [0.15, 0.2) is 69.4 Å². The Bertz CT molecular complexity index is 1560. The minimum atomic E-state index is -4.32. The lowest BCUT2D eigenvalue weighted by molar-refractivity contribution is 0.0949. The highest BCUT2D eigenvalue weighted by Gasteiger charge is 2.46. The topological polar surface area (TPSA) is 134 Å². The molecule has 1 unspecified atom stereocenters. The van der Waals surface area contributed by atoms with E-state index >= 15 is 4.39 Å². The number of benzene rings is 2. The first-order valence-electron chi connectivity index (χ1n) is 11.0. The van der Waals surface area contributed by atoms with Gasteiger partial charge in [0.15, 0.2) is 4.87 Å². The third kappa shape index (κ3) is 4.84. The van der Waals surface area contributed by atoms with E-state index < -0.39 is 42.3 Å². The molecule has 0 saturated heterocycles. The van der Waals surface area contributed by atoms with Gasteiger partial charge >= 0.3 is 0 Å². The second kappa shape index (κ2) is 9.27. The monoisotopic (exact) mass is 530 g/mol. The molecule has 1 aliphatic rings. The van der Waals surface area contributed by atoms with Gasteiger partial charge in [0.25, 0.3) is 5.91 Å². The molecule has 0 bridgehead atoms. The third-order valence-electron chi connectivity index (χ3n) is 5.75. The maximum Gasteiger partial charge on any atom is 0.257 e. The van der Waals surface area contributed by atoms with Gasteiger partial charge in [0.05, 0.1) is 15.8 Å². The van der Waals surface area contributed by atoms with Crippen LogP contribution in [0.3, 0.4) is 0 Å². The molecule has 1 atom stereocenters. The lowest BCUT2D eigenvalue weighted by atomic mass is 9.96. The number of fused-ring (bicyclic) bond motifs is 1. The molecule has 2 aromatic carbocycles. The summed E-state index contributed by atoms with van der Waals surface area (Å²) in [6.45, 7) is 3.44. The molecule has 0 radical (unpaired) electrons. The number of hydrogen-bond acceptors (Lipinski definition) is 6. The molecular formula is C25H24ClFN4O4S. The van der Waals surface area contributed by atoms with E-state index in [4.69, 9.17) is 17.3 Å². The Balaban J connectivity index is 1.74. The van der Waals surface area contributed by atoms with Gasteiger partial charge in [-0.2, -0.15) is 0 Å². The van der Waals surface area contributed by atoms with Gasteiger partial charge in [-0.25, -0.2) is 12.8 Å². The molecule has 1 aromatic heterocycles. The number of hydrogen-bond donors (Lipinski definition) is 3. The van der Waals surface area contributed by atoms with Gasteiger partial charge in [-0.3, -0.25) is 14.6 Å². The largest absolute Gasteiger partial charge is 0.358 e. The number of nitrogens with one attached hydrogen (secondary N) is 2. The smallest absolute Gasteiger partial charge is 0.257 e. The van der Waals surface area contributed by atoms with Crippen molar-refractivity contribution in [2.75, 3.05) is 0 Å². The van der Waals surface area contributed by atoms with Crippen LogP contribution >= 0.6 is 11.6 Å². The van der Waals surface area contributed by atoms with Crippen LogP contribution < -0.4 is 16.5 Å². The summed E-state index contributed by atoms with van der Waals surface area (Å²) < 4.78 is 42.3. The molecule has 36 heavy (non-hydrogen) atoms. The predicted octanol–water partition coefficient (Wildman–Crippen LogP) is 3.49. The number of aliphatic imine (C=N–C) groups is 1. The Morgan fingerprint density at radius 1 is 1.25 bits per heavy atom. The fourth-order valence-electron chi connectivity index (χ4n) is 4.09. The van der Waals surface area contributed by atoms with E-state index in [1.165, 1.54) is 18.4 Å². The number of rotatable bonds is 7. The summed E-state index contributed by atoms with van der Waals surface area (Å²) in [5.41, 5.74) is 4.62. The molecule has 0 saturated carbocycles. The number of halogens is 2. The zero-order valence-corrected chi connectivity index (χ0v) is 21.1. The van der Waals surface area contributed by atoms with Crippen molar-refractivity contribution in [2.45, 2.75) is 42.1 Å². The van der Waals surface area contributed by atoms with Crippen LogP contribution in [0.4, 0.5) is 4.39 Å². The Hall–Kier alpha value is -3.34. The number of H-pyrrole nitrogens is 1. The zero-order chi connectivity index (χ0) is 26.3. The number of aromatic nitrogens is 1. The number of aromatic amines is 1. The van der Waals surface area contributed by atoms with E-state index in [0.29, 0.717) is 5.02 Å². The number of pyridine rings is 1. The summed E-state index contributed by atoms with van der Waals surface area (Å²) in [5, 5.41) is 2.88. The maximum atomic E-state index is 15.0. The normalized spacial score (nSPS) is 17.6. The van der Waals surface area contributed by atoms with Crippen LogP contribution in [0.25, 0.3) is 10.9 Å². The molecule has 1 amide bonds. The summed E-state index contributed by atoms with van der Waals surface area (Å²) in [4.78, 5) is 30.5. The highest BCUT2D eigenvalue weighted by molar-refractivity contribution is 7.93. The van der Waals surface area contributed by atoms with Gasteiger partial charge in [0, 0.05) is 35.9 Å². The second-order valence-corrected chi connectivity index (χ2v) is 11.9. The highest BCUT2D eigenvalue weighted by atomic mass is 35.5. The fourth-order valence-corrected chi connectivity index (χ4v) is 6.17. The molecule has 11 heteroatoms. The lowest BCUT2D eigenvalue weighted by Crippen LogP contribution is -2.45. The molecule has 2 heterocycles. The van der Waals surface area contributed by atoms with Crippen LogP contribution in [-0.4, -0.2) is 35.9 Å². The van der Waals surface area contributed by atoms with Gasteiger partial charge in [0.1, 0.15) is 11.4 Å². The van der Waals surface area contributed by atoms with Gasteiger partial charge in [-0.15, -0.1) is 0 Å². The Morgan fingerprint density at radius 2 is 1.94 bits per heavy atom. The van der Waals surface area contributed by atoms with E-state index in [1.807, 2.05) is 0 Å². The first-order valence-corrected chi connectivity index (χ1v) is 12.8. The molecule has 8 nitrogen and oxygen atoms in total. The SMILES string of the molecule is CC(C)(N)CC1(S(=O)(=O)c2cc(F)c3[nH]cc(C(=O)NCc4ccc(Cl)cc4)c(=O)c3c2)C=CC=N1. The van der Waals surface area contributed by atoms with E-state index in [0.717, 1.165) is 23.9 Å². The molecule has 0 spiro atoms. The Labute approximate surface area is 212 Å². The van der Waals surface area contributed by atoms with Crippen molar-refractivity contribution in [3.63, 3.8) is 0 Å². The van der Waals surface area contributed by atoms with E-state index in [9.17, 15) is 18.0 Å². The molecule has 4 N–H and O–H groups in total. The number of amides is 1. The van der Waals surface area contributed by atoms with Crippen LogP contribution in [0.2, 0.25) is 5.02 Å². The summed E-state index contributed by atoms with van der Waals surface area (Å²) >= 11 is 5.86. The Kier molecular flexibility index (Phi) is 6.63. The fraction of sp³-hybridized carbons (Fsp3) is 0.240. The zero-order valence-electron chi connectivity index (χ0n) is 19.5. The summed E-state index contributed by atoms with van der Waals surface area (Å²) in [7, 11) is -4.32. The number of allylic oxidation sites excluding steroid dienone is 1. The first-order chi connectivity index (χ1) is 16.8. The minimum absolute atomic E-state index is 0.0709. The van der Waals surface area contributed by atoms with Crippen molar-refractivity contribution in [2.24, 2.45) is 10.7 Å². The summed E-state index contributed by atoms with van der Waals surface area (Å²) in [5.74, 6) is -1.66. The molecule has 3 aromatic rings. The average molecular weight is 531 g/mol. The van der Waals surface area contributed by atoms with Crippen molar-refractivity contribution in [3.05, 3.63) is 86.9 Å². The van der Waals surface area contributed by atoms with Crippen LogP contribution in [0.1, 0.15) is 36.2 Å². The van der Waals surface area contributed by atoms with Gasteiger partial charge in [-0.05, 0) is 55.8 Å². The van der Waals surface area contributed by atoms with Gasteiger partial charge < -0.3 is 16.0 Å². The van der Waals surface area contributed by atoms with Crippen molar-refractivity contribution >= 4 is 44.5 Å². The third-order valence-corrected chi connectivity index (χ3v) is 8.17. The van der Waals surface area contributed by atoms with Crippen molar-refractivity contribution in [3.8, 4) is 0 Å². The first kappa shape index (κ1) is 25.7. The maximum absolute atomic E-state index is 15.0. The number of carbonyl (C=O) groups is 1. The lowest BCUT2D eigenvalue weighted by Gasteiger charge is -2.31. The number of sulfone groups is 1. The van der Waals surface area contributed by atoms with Crippen LogP contribution in [0, 0.1) is 5.82 Å². The molecule has 1 aliphatic heterocycles. The summed E-state index contributed by atoms with van der Waals surface area (Å²) in [6.07, 6.45) is 5.25. The van der Waals surface area contributed by atoms with Crippen LogP contribution in [0.5, 0.6) is 0 Å². The number of carbonyl (C=O) groups excluding carboxylic acids is 1. The molecular weight excluding hydrogens is 507 g/mol. The average Bonchev–Trinajstić information content (AvgIpc) is 3.27.